The monoisotopic (exact) mass is 694 g/mol. The first-order chi connectivity index (χ1) is 23.5. The second-order valence-corrected chi connectivity index (χ2v) is 14.2. The van der Waals surface area contributed by atoms with E-state index in [2.05, 4.69) is 0 Å². The van der Waals surface area contributed by atoms with E-state index in [1.165, 1.54) is 9.80 Å². The molecule has 2 amide bonds. The van der Waals surface area contributed by atoms with Crippen molar-refractivity contribution in [1.82, 2.24) is 9.80 Å². The lowest BCUT2D eigenvalue weighted by Gasteiger charge is -2.27. The molecule has 1 atom stereocenters. The van der Waals surface area contributed by atoms with Gasteiger partial charge in [-0.1, -0.05) is 25.1 Å². The molecule has 2 heterocycles. The number of rotatable bonds is 11. The Labute approximate surface area is 292 Å². The number of esters is 2. The predicted molar refractivity (Wildman–Crippen MR) is 181 cm³/mol. The van der Waals surface area contributed by atoms with Gasteiger partial charge in [-0.3, -0.25) is 24.2 Å². The maximum atomic E-state index is 13.0. The highest BCUT2D eigenvalue weighted by Crippen LogP contribution is 2.38. The molecule has 4 rings (SSSR count). The van der Waals surface area contributed by atoms with Gasteiger partial charge in [-0.25, -0.2) is 14.4 Å². The van der Waals surface area contributed by atoms with E-state index < -0.39 is 66.1 Å². The maximum absolute atomic E-state index is 13.0. The highest BCUT2D eigenvalue weighted by Gasteiger charge is 2.38. The first-order valence-corrected chi connectivity index (χ1v) is 16.7. The first kappa shape index (κ1) is 37.9. The third-order valence-electron chi connectivity index (χ3n) is 7.73. The van der Waals surface area contributed by atoms with Crippen LogP contribution in [0.4, 0.5) is 9.59 Å². The lowest BCUT2D eigenvalue weighted by molar-refractivity contribution is -0.147. The number of Topliss-reactive ketones (excluding diaryl/α,β-unsaturated/α-hetero) is 2. The highest BCUT2D eigenvalue weighted by molar-refractivity contribution is 6.00. The number of fused-ring (bicyclic) bond motifs is 3. The van der Waals surface area contributed by atoms with Gasteiger partial charge in [-0.05, 0) is 90.1 Å². The minimum atomic E-state index is -0.815. The number of likely N-dealkylation sites (tertiary alicyclic amines) is 1. The third-order valence-corrected chi connectivity index (χ3v) is 7.73. The average molecular weight is 695 g/mol. The van der Waals surface area contributed by atoms with E-state index in [0.29, 0.717) is 49.2 Å². The van der Waals surface area contributed by atoms with E-state index in [1.54, 1.807) is 77.9 Å². The molecule has 0 aliphatic carbocycles. The topological polar surface area (TPSA) is 155 Å². The molecule has 270 valence electrons. The van der Waals surface area contributed by atoms with E-state index in [-0.39, 0.29) is 18.7 Å². The number of hydrogen-bond acceptors (Lipinski definition) is 11. The van der Waals surface area contributed by atoms with Gasteiger partial charge in [0.2, 0.25) is 0 Å². The zero-order chi connectivity index (χ0) is 36.8. The van der Waals surface area contributed by atoms with Crippen LogP contribution in [0.5, 0.6) is 5.75 Å². The summed E-state index contributed by atoms with van der Waals surface area (Å²) in [6.07, 6.45) is 0.419. The van der Waals surface area contributed by atoms with Gasteiger partial charge < -0.3 is 23.7 Å². The minimum absolute atomic E-state index is 0.125. The van der Waals surface area contributed by atoms with Crippen molar-refractivity contribution in [3.63, 3.8) is 0 Å². The van der Waals surface area contributed by atoms with Gasteiger partial charge in [0.15, 0.2) is 24.8 Å². The number of ketones is 2. The number of amides is 2. The molecule has 1 fully saturated rings. The van der Waals surface area contributed by atoms with Crippen molar-refractivity contribution in [2.75, 3.05) is 32.8 Å². The van der Waals surface area contributed by atoms with Crippen molar-refractivity contribution < 1.29 is 52.5 Å². The molecule has 2 aliphatic rings. The van der Waals surface area contributed by atoms with Crippen molar-refractivity contribution in [1.29, 1.82) is 0 Å². The molecule has 2 aliphatic heterocycles. The van der Waals surface area contributed by atoms with Crippen LogP contribution in [0.1, 0.15) is 94.0 Å². The normalized spacial score (nSPS) is 15.2. The molecule has 0 bridgehead atoms. The number of carbonyl (C=O) groups excluding carboxylic acids is 6. The lowest BCUT2D eigenvalue weighted by Crippen LogP contribution is -2.44. The molecule has 2 aromatic rings. The number of nitrogens with zero attached hydrogens (tertiary/aromatic N) is 2. The molecule has 0 unspecified atom stereocenters. The summed E-state index contributed by atoms with van der Waals surface area (Å²) in [6.45, 7) is 11.7. The van der Waals surface area contributed by atoms with Crippen LogP contribution in [0, 0.1) is 0 Å². The minimum Gasteiger partial charge on any atom is -0.488 e. The summed E-state index contributed by atoms with van der Waals surface area (Å²) in [5.74, 6) is -1.79. The molecular formula is C37H46N2O11. The fraction of sp³-hybridized carbons (Fsp3) is 0.514. The van der Waals surface area contributed by atoms with E-state index in [9.17, 15) is 28.8 Å². The van der Waals surface area contributed by atoms with Gasteiger partial charge in [0.05, 0.1) is 0 Å². The zero-order valence-electron chi connectivity index (χ0n) is 29.8. The Balaban J connectivity index is 1.33. The van der Waals surface area contributed by atoms with Gasteiger partial charge in [-0.2, -0.15) is 0 Å². The lowest BCUT2D eigenvalue weighted by atomic mass is 9.93. The first-order valence-electron chi connectivity index (χ1n) is 16.7. The van der Waals surface area contributed by atoms with Crippen LogP contribution in [0.3, 0.4) is 0 Å². The van der Waals surface area contributed by atoms with Gasteiger partial charge in [-0.15, -0.1) is 0 Å². The van der Waals surface area contributed by atoms with Crippen molar-refractivity contribution in [3.8, 4) is 16.9 Å². The van der Waals surface area contributed by atoms with E-state index in [1.807, 2.05) is 6.92 Å². The quantitative estimate of drug-likeness (QED) is 0.161. The Kier molecular flexibility index (Phi) is 11.9. The molecule has 1 saturated heterocycles. The van der Waals surface area contributed by atoms with Crippen LogP contribution in [0.2, 0.25) is 0 Å². The fourth-order valence-corrected chi connectivity index (χ4v) is 5.47. The summed E-state index contributed by atoms with van der Waals surface area (Å²) in [7, 11) is 0. The van der Waals surface area contributed by atoms with Crippen molar-refractivity contribution in [2.24, 2.45) is 0 Å². The Morgan fingerprint density at radius 2 is 1.46 bits per heavy atom. The van der Waals surface area contributed by atoms with E-state index in [0.717, 1.165) is 11.1 Å². The van der Waals surface area contributed by atoms with Gasteiger partial charge in [0.1, 0.15) is 36.1 Å². The molecule has 0 aromatic heterocycles. The van der Waals surface area contributed by atoms with Crippen LogP contribution in [-0.2, 0) is 35.1 Å². The van der Waals surface area contributed by atoms with Gasteiger partial charge in [0, 0.05) is 29.8 Å². The molecule has 13 heteroatoms. The van der Waals surface area contributed by atoms with Crippen LogP contribution in [-0.4, -0.2) is 95.6 Å². The van der Waals surface area contributed by atoms with Gasteiger partial charge >= 0.3 is 24.1 Å². The van der Waals surface area contributed by atoms with Crippen molar-refractivity contribution in [3.05, 3.63) is 53.1 Å². The summed E-state index contributed by atoms with van der Waals surface area (Å²) in [5, 5.41) is 0. The zero-order valence-corrected chi connectivity index (χ0v) is 29.8. The summed E-state index contributed by atoms with van der Waals surface area (Å²) < 4.78 is 27.2. The molecule has 0 radical (unpaired) electrons. The molecular weight excluding hydrogens is 648 g/mol. The van der Waals surface area contributed by atoms with Crippen LogP contribution in [0.15, 0.2) is 36.4 Å². The molecule has 0 saturated carbocycles. The molecule has 13 nitrogen and oxygen atoms in total. The smallest absolute Gasteiger partial charge is 0.411 e. The third kappa shape index (κ3) is 10.1. The van der Waals surface area contributed by atoms with Crippen LogP contribution >= 0.6 is 0 Å². The number of benzene rings is 2. The predicted octanol–water partition coefficient (Wildman–Crippen LogP) is 5.74. The number of hydrogen-bond donors (Lipinski definition) is 0. The van der Waals surface area contributed by atoms with Gasteiger partial charge in [0.25, 0.3) is 0 Å². The SMILES string of the molecule is CCCN(CC(=O)OCC(=O)c1ccc2c(c1)COc1cc(C(=O)COC(=O)[C@@H]3CCCN3C(=O)OC(C)(C)C)ccc1-2)C(=O)OC(C)(C)C. The second-order valence-electron chi connectivity index (χ2n) is 14.2. The van der Waals surface area contributed by atoms with Crippen molar-refractivity contribution in [2.45, 2.75) is 91.6 Å². The molecule has 0 N–H and O–H groups in total. The summed E-state index contributed by atoms with van der Waals surface area (Å²) in [5.41, 5.74) is 1.42. The number of carbonyl (C=O) groups is 6. The standard InChI is InChI=1S/C37H46N2O11/c1-8-15-38(34(44)49-36(2,3)4)19-32(42)47-21-29(40)23-11-13-26-25(17-23)20-46-31-18-24(12-14-27(26)31)30(41)22-48-33(43)28-10-9-16-39(28)35(45)50-37(5,6)7/h11-14,17-18,28H,8-10,15-16,19-22H2,1-7H3/t28-/m0/s1. The average Bonchev–Trinajstić information content (AvgIpc) is 3.54. The molecule has 0 spiro atoms. The van der Waals surface area contributed by atoms with Crippen LogP contribution in [0.25, 0.3) is 11.1 Å². The largest absolute Gasteiger partial charge is 0.488 e. The Morgan fingerprint density at radius 1 is 0.840 bits per heavy atom. The van der Waals surface area contributed by atoms with E-state index in [4.69, 9.17) is 23.7 Å². The van der Waals surface area contributed by atoms with Crippen molar-refractivity contribution >= 4 is 35.7 Å². The fourth-order valence-electron chi connectivity index (χ4n) is 5.47. The van der Waals surface area contributed by atoms with Crippen LogP contribution < -0.4 is 4.74 Å². The Morgan fingerprint density at radius 3 is 2.10 bits per heavy atom. The Bertz CT molecular complexity index is 1640. The second kappa shape index (κ2) is 15.7. The summed E-state index contributed by atoms with van der Waals surface area (Å²) >= 11 is 0. The van der Waals surface area contributed by atoms with E-state index >= 15 is 0 Å². The highest BCUT2D eigenvalue weighted by atomic mass is 16.6. The Hall–Kier alpha value is -4.94. The maximum Gasteiger partial charge on any atom is 0.411 e. The molecule has 50 heavy (non-hydrogen) atoms. The molecule has 2 aromatic carbocycles. The number of ether oxygens (including phenoxy) is 5. The summed E-state index contributed by atoms with van der Waals surface area (Å²) in [4.78, 5) is 78.7. The summed E-state index contributed by atoms with van der Waals surface area (Å²) in [6, 6.07) is 9.14.